The van der Waals surface area contributed by atoms with Crippen LogP contribution in [0.1, 0.15) is 125 Å². The summed E-state index contributed by atoms with van der Waals surface area (Å²) in [5.41, 5.74) is 2.55. The summed E-state index contributed by atoms with van der Waals surface area (Å²) < 4.78 is 9.65. The van der Waals surface area contributed by atoms with Crippen molar-refractivity contribution in [3.05, 3.63) is 0 Å². The van der Waals surface area contributed by atoms with E-state index in [1.165, 1.54) is 0 Å². The quantitative estimate of drug-likeness (QED) is 0.253. The summed E-state index contributed by atoms with van der Waals surface area (Å²) in [6.07, 6.45) is 6.21. The lowest BCUT2D eigenvalue weighted by atomic mass is 9.71. The molecule has 0 aromatic heterocycles. The molecule has 254 valence electrons. The molecule has 0 amide bonds. The second-order valence-electron chi connectivity index (χ2n) is 15.5. The number of ether oxygens (including phenoxy) is 2. The molecule has 4 nitrogen and oxygen atoms in total. The van der Waals surface area contributed by atoms with Gasteiger partial charge in [0.2, 0.25) is 0 Å². The van der Waals surface area contributed by atoms with E-state index >= 15 is 0 Å². The van der Waals surface area contributed by atoms with E-state index in [9.17, 15) is 0 Å². The van der Waals surface area contributed by atoms with E-state index in [-0.39, 0.29) is 5.60 Å². The van der Waals surface area contributed by atoms with Crippen molar-refractivity contribution in [2.45, 2.75) is 135 Å². The van der Waals surface area contributed by atoms with Crippen molar-refractivity contribution in [1.29, 1.82) is 0 Å². The highest BCUT2D eigenvalue weighted by Crippen LogP contribution is 2.36. The molecule has 0 radical (unpaired) electrons. The minimum absolute atomic E-state index is 0.0417. The van der Waals surface area contributed by atoms with Gasteiger partial charge in [-0.2, -0.15) is 23.5 Å². The summed E-state index contributed by atoms with van der Waals surface area (Å²) >= 11 is 3.63. The Morgan fingerprint density at radius 3 is 0.700 bits per heavy atom. The third kappa shape index (κ3) is 178. The molecule has 0 saturated heterocycles. The van der Waals surface area contributed by atoms with Crippen LogP contribution in [0.25, 0.3) is 0 Å². The van der Waals surface area contributed by atoms with E-state index < -0.39 is 0 Å². The topological polar surface area (TPSA) is 34.1 Å². The van der Waals surface area contributed by atoms with Gasteiger partial charge in [0.05, 0.1) is 5.60 Å². The Hall–Kier alpha value is 0.250. The number of hydrogen-bond acceptors (Lipinski definition) is 6. The smallest absolute Gasteiger partial charge is 0.0594 e. The Morgan fingerprint density at radius 2 is 0.700 bits per heavy atom. The molecule has 0 aliphatic heterocycles. The van der Waals surface area contributed by atoms with Gasteiger partial charge >= 0.3 is 0 Å². The van der Waals surface area contributed by atoms with Crippen LogP contribution in [0.4, 0.5) is 0 Å². The van der Waals surface area contributed by atoms with Gasteiger partial charge in [0, 0.05) is 38.8 Å². The van der Waals surface area contributed by atoms with E-state index in [1.807, 2.05) is 84.9 Å². The van der Waals surface area contributed by atoms with Crippen molar-refractivity contribution in [1.82, 2.24) is 4.90 Å². The number of aliphatic imine (C=N–C) groups is 1. The zero-order valence-corrected chi connectivity index (χ0v) is 35.2. The fourth-order valence-electron chi connectivity index (χ4n) is 0. The predicted molar refractivity (Wildman–Crippen MR) is 201 cm³/mol. The molecule has 0 aliphatic rings. The maximum Gasteiger partial charge on any atom is 0.0594 e. The maximum atomic E-state index is 4.94. The van der Waals surface area contributed by atoms with Crippen LogP contribution >= 0.6 is 23.5 Å². The highest BCUT2D eigenvalue weighted by Gasteiger charge is 2.26. The first-order valence-corrected chi connectivity index (χ1v) is 17.0. The Labute approximate surface area is 267 Å². The van der Waals surface area contributed by atoms with Crippen LogP contribution in [0, 0.1) is 16.2 Å². The largest absolute Gasteiger partial charge is 0.388 e. The van der Waals surface area contributed by atoms with Gasteiger partial charge in [-0.05, 0) is 90.8 Å². The number of thioether (sulfide) groups is 2. The van der Waals surface area contributed by atoms with Gasteiger partial charge < -0.3 is 14.4 Å². The normalized spacial score (nSPS) is 10.6. The maximum absolute atomic E-state index is 4.94. The number of nitrogens with zero attached hydrogens (tertiary/aromatic N) is 2. The fourth-order valence-corrected chi connectivity index (χ4v) is 0. The minimum atomic E-state index is 0.0417. The molecule has 0 unspecified atom stereocenters. The lowest BCUT2D eigenvalue weighted by Gasteiger charge is -2.34. The van der Waals surface area contributed by atoms with Gasteiger partial charge in [0.1, 0.15) is 0 Å². The Kier molecular flexibility index (Phi) is 50.3. The van der Waals surface area contributed by atoms with Gasteiger partial charge in [-0.15, -0.1) is 0 Å². The molecule has 0 spiro atoms. The molecule has 0 aromatic rings. The number of methoxy groups -OCH3 is 2. The van der Waals surface area contributed by atoms with Crippen molar-refractivity contribution in [2.75, 3.05) is 68.3 Å². The molecular weight excluding hydrogens is 533 g/mol. The van der Waals surface area contributed by atoms with Crippen LogP contribution in [0.2, 0.25) is 0 Å². The molecule has 0 atom stereocenters. The predicted octanol–water partition coefficient (Wildman–Crippen LogP) is 11.2. The van der Waals surface area contributed by atoms with Crippen molar-refractivity contribution < 1.29 is 9.47 Å². The van der Waals surface area contributed by atoms with Crippen LogP contribution < -0.4 is 0 Å². The van der Waals surface area contributed by atoms with Crippen LogP contribution in [-0.4, -0.2) is 89.2 Å². The third-order valence-corrected chi connectivity index (χ3v) is 5.15. The van der Waals surface area contributed by atoms with E-state index in [2.05, 4.69) is 106 Å². The molecule has 0 aromatic carbocycles. The first kappa shape index (κ1) is 59.6. The van der Waals surface area contributed by atoms with E-state index in [0.29, 0.717) is 21.0 Å². The van der Waals surface area contributed by atoms with Gasteiger partial charge in [0.25, 0.3) is 0 Å². The monoisotopic (exact) mass is 617 g/mol. The first-order valence-electron chi connectivity index (χ1n) is 14.1. The SMILES string of the molecule is CC(C)(C)C.CC(C)(C)C(C)(C)C.CN(C)C.CN=C(C)C.COC.COC(C)(C)C.CSC.CSC(C)(C)C. The van der Waals surface area contributed by atoms with Crippen molar-refractivity contribution in [3.63, 3.8) is 0 Å². The lowest BCUT2D eigenvalue weighted by molar-refractivity contribution is 0.0397. The lowest BCUT2D eigenvalue weighted by Crippen LogP contribution is -2.25. The summed E-state index contributed by atoms with van der Waals surface area (Å²) in [4.78, 5) is 5.81. The standard InChI is InChI=1S/C8H18.C5H12O.C5H12S.C5H12.C4H9N.C3H9N.C2H6O.C2H6S/c1-7(2,3)8(4,5)6;2*1-5(2,3)6-4;1-5(2,3)4;1-4(2)5-3;1-4(2)3;2*1-3-2/h1-6H3;2*1-4H3;1-4H3;1-3H3;1-3H3;2*1-2H3. The molecule has 0 bridgehead atoms. The molecule has 0 fully saturated rings. The molecule has 0 rings (SSSR count). The summed E-state index contributed by atoms with van der Waals surface area (Å²) in [5.74, 6) is 0. The van der Waals surface area contributed by atoms with Gasteiger partial charge in [-0.3, -0.25) is 4.99 Å². The number of rotatable bonds is 0. The zero-order chi connectivity index (χ0) is 35.2. The molecular formula is C34H84N2O2S2. The highest BCUT2D eigenvalue weighted by molar-refractivity contribution is 7.99. The third-order valence-electron chi connectivity index (χ3n) is 3.92. The molecule has 0 aliphatic carbocycles. The van der Waals surface area contributed by atoms with Crippen LogP contribution in [0.5, 0.6) is 0 Å². The summed E-state index contributed by atoms with van der Waals surface area (Å²) in [6, 6.07) is 0. The average Bonchev–Trinajstić information content (AvgIpc) is 2.66. The van der Waals surface area contributed by atoms with E-state index in [4.69, 9.17) is 4.74 Å². The first-order chi connectivity index (χ1) is 17.2. The minimum Gasteiger partial charge on any atom is -0.388 e. The molecule has 0 N–H and O–H groups in total. The van der Waals surface area contributed by atoms with Gasteiger partial charge in [-0.25, -0.2) is 0 Å². The van der Waals surface area contributed by atoms with Crippen molar-refractivity contribution in [2.24, 2.45) is 21.2 Å². The zero-order valence-electron chi connectivity index (χ0n) is 33.5. The highest BCUT2D eigenvalue weighted by atomic mass is 32.2. The fraction of sp³-hybridized carbons (Fsp3) is 0.971. The van der Waals surface area contributed by atoms with E-state index in [1.54, 1.807) is 40.1 Å². The Balaban J connectivity index is -0.0000000498. The second kappa shape index (κ2) is 33.7. The molecule has 0 heterocycles. The average molecular weight is 617 g/mol. The summed E-state index contributed by atoms with van der Waals surface area (Å²) in [5, 5.41) is 0. The summed E-state index contributed by atoms with van der Waals surface area (Å²) in [6.45, 7) is 39.0. The molecule has 40 heavy (non-hydrogen) atoms. The summed E-state index contributed by atoms with van der Waals surface area (Å²) in [7, 11) is 12.7. The van der Waals surface area contributed by atoms with Crippen molar-refractivity contribution >= 4 is 29.2 Å². The molecule has 0 saturated carbocycles. The Morgan fingerprint density at radius 1 is 0.600 bits per heavy atom. The van der Waals surface area contributed by atoms with Crippen LogP contribution in [0.15, 0.2) is 4.99 Å². The molecule has 6 heteroatoms. The van der Waals surface area contributed by atoms with Gasteiger partial charge in [-0.1, -0.05) is 90.0 Å². The van der Waals surface area contributed by atoms with Crippen LogP contribution in [-0.2, 0) is 9.47 Å². The second-order valence-corrected chi connectivity index (χ2v) is 17.9. The number of hydrogen-bond donors (Lipinski definition) is 0. The van der Waals surface area contributed by atoms with Crippen LogP contribution in [0.3, 0.4) is 0 Å². The van der Waals surface area contributed by atoms with Gasteiger partial charge in [0.15, 0.2) is 0 Å². The van der Waals surface area contributed by atoms with E-state index in [0.717, 1.165) is 5.71 Å². The Bertz CT molecular complexity index is 432. The van der Waals surface area contributed by atoms with Crippen molar-refractivity contribution in [3.8, 4) is 0 Å².